The number of carbonyl (C=O) groups is 1. The SMILES string of the molecule is Cc1ccc(S(=O)(=O)OC(C(=O)NCc2ccc(C(=N)N)cc2)n2c(=O)c(NS(=O)(=O)Cc3ccccc3)cc3ccccc32)cc1. The Bertz CT molecular complexity index is 2220. The summed E-state index contributed by atoms with van der Waals surface area (Å²) in [5.74, 6) is -1.57. The minimum Gasteiger partial charge on any atom is -0.384 e. The summed E-state index contributed by atoms with van der Waals surface area (Å²) in [6.07, 6.45) is -2.09. The molecular weight excluding hydrogens is 643 g/mol. The number of anilines is 1. The minimum absolute atomic E-state index is 0.0997. The van der Waals surface area contributed by atoms with Gasteiger partial charge in [-0.2, -0.15) is 8.42 Å². The summed E-state index contributed by atoms with van der Waals surface area (Å²) in [4.78, 5) is 27.6. The molecule has 0 saturated carbocycles. The predicted octanol–water partition coefficient (Wildman–Crippen LogP) is 3.76. The number of nitrogen functional groups attached to an aromatic ring is 1. The average molecular weight is 674 g/mol. The third-order valence-corrected chi connectivity index (χ3v) is 9.66. The van der Waals surface area contributed by atoms with Gasteiger partial charge in [-0.05, 0) is 42.3 Å². The van der Waals surface area contributed by atoms with Crippen LogP contribution in [-0.4, -0.2) is 33.1 Å². The third kappa shape index (κ3) is 7.92. The van der Waals surface area contributed by atoms with Crippen LogP contribution in [0.15, 0.2) is 119 Å². The minimum atomic E-state index is -4.64. The number of benzene rings is 4. The molecule has 1 unspecified atom stereocenters. The lowest BCUT2D eigenvalue weighted by molar-refractivity contribution is -0.131. The molecule has 1 atom stereocenters. The first-order valence-electron chi connectivity index (χ1n) is 14.2. The quantitative estimate of drug-likeness (QED) is 0.0874. The van der Waals surface area contributed by atoms with Gasteiger partial charge in [0.25, 0.3) is 21.6 Å². The van der Waals surface area contributed by atoms with E-state index in [1.807, 2.05) is 0 Å². The lowest BCUT2D eigenvalue weighted by Gasteiger charge is -2.23. The lowest BCUT2D eigenvalue weighted by atomic mass is 10.1. The Morgan fingerprint density at radius 1 is 0.872 bits per heavy atom. The van der Waals surface area contributed by atoms with E-state index >= 15 is 0 Å². The van der Waals surface area contributed by atoms with Gasteiger partial charge in [0.05, 0.1) is 16.2 Å². The molecule has 14 heteroatoms. The number of fused-ring (bicyclic) bond motifs is 1. The van der Waals surface area contributed by atoms with E-state index in [0.717, 1.165) is 10.1 Å². The predicted molar refractivity (Wildman–Crippen MR) is 179 cm³/mol. The van der Waals surface area contributed by atoms with E-state index in [0.29, 0.717) is 22.1 Å². The molecule has 1 heterocycles. The van der Waals surface area contributed by atoms with Crippen molar-refractivity contribution in [2.75, 3.05) is 4.72 Å². The van der Waals surface area contributed by atoms with E-state index in [1.54, 1.807) is 91.9 Å². The number of carbonyl (C=O) groups excluding carboxylic acids is 1. The van der Waals surface area contributed by atoms with Crippen molar-refractivity contribution >= 4 is 48.5 Å². The van der Waals surface area contributed by atoms with Crippen molar-refractivity contribution in [1.82, 2.24) is 9.88 Å². The fraction of sp³-hybridized carbons (Fsp3) is 0.121. The molecule has 0 fully saturated rings. The summed E-state index contributed by atoms with van der Waals surface area (Å²) < 4.78 is 62.0. The van der Waals surface area contributed by atoms with Crippen molar-refractivity contribution in [1.29, 1.82) is 5.41 Å². The molecule has 5 N–H and O–H groups in total. The maximum absolute atomic E-state index is 14.1. The Morgan fingerprint density at radius 2 is 1.51 bits per heavy atom. The van der Waals surface area contributed by atoms with Crippen LogP contribution in [0.1, 0.15) is 28.5 Å². The first kappa shape index (κ1) is 33.1. The van der Waals surface area contributed by atoms with Crippen LogP contribution in [0.5, 0.6) is 0 Å². The second-order valence-corrected chi connectivity index (χ2v) is 14.0. The molecule has 5 rings (SSSR count). The van der Waals surface area contributed by atoms with Crippen LogP contribution in [0.3, 0.4) is 0 Å². The van der Waals surface area contributed by atoms with Crippen molar-refractivity contribution in [2.24, 2.45) is 5.73 Å². The van der Waals surface area contributed by atoms with E-state index in [4.69, 9.17) is 15.3 Å². The molecule has 1 amide bonds. The van der Waals surface area contributed by atoms with E-state index in [2.05, 4.69) is 10.0 Å². The van der Waals surface area contributed by atoms with Gasteiger partial charge >= 0.3 is 0 Å². The van der Waals surface area contributed by atoms with E-state index in [9.17, 15) is 26.4 Å². The van der Waals surface area contributed by atoms with E-state index in [1.165, 1.54) is 24.3 Å². The van der Waals surface area contributed by atoms with Crippen LogP contribution in [0.2, 0.25) is 0 Å². The zero-order chi connectivity index (χ0) is 33.8. The van der Waals surface area contributed by atoms with Crippen molar-refractivity contribution < 1.29 is 25.8 Å². The van der Waals surface area contributed by atoms with Gasteiger partial charge in [-0.15, -0.1) is 0 Å². The topological polar surface area (TPSA) is 191 Å². The molecule has 0 radical (unpaired) electrons. The van der Waals surface area contributed by atoms with Gasteiger partial charge in [-0.3, -0.25) is 24.3 Å². The number of nitrogens with one attached hydrogen (secondary N) is 3. The molecule has 0 bridgehead atoms. The number of pyridine rings is 1. The van der Waals surface area contributed by atoms with E-state index in [-0.39, 0.29) is 22.8 Å². The van der Waals surface area contributed by atoms with Crippen molar-refractivity contribution in [3.63, 3.8) is 0 Å². The van der Waals surface area contributed by atoms with Crippen LogP contribution in [0.25, 0.3) is 10.9 Å². The van der Waals surface area contributed by atoms with Crippen LogP contribution in [0.4, 0.5) is 5.69 Å². The number of aromatic nitrogens is 1. The van der Waals surface area contributed by atoms with Gasteiger partial charge in [-0.1, -0.05) is 90.5 Å². The number of amidine groups is 1. The van der Waals surface area contributed by atoms with Crippen LogP contribution in [-0.2, 0) is 41.4 Å². The number of nitrogens with two attached hydrogens (primary N) is 1. The number of amides is 1. The lowest BCUT2D eigenvalue weighted by Crippen LogP contribution is -2.40. The smallest absolute Gasteiger partial charge is 0.299 e. The number of sulfonamides is 1. The molecule has 5 aromatic rings. The molecule has 0 saturated heterocycles. The molecular formula is C33H31N5O7S2. The highest BCUT2D eigenvalue weighted by atomic mass is 32.2. The first-order valence-corrected chi connectivity index (χ1v) is 17.3. The third-order valence-electron chi connectivity index (χ3n) is 7.13. The summed E-state index contributed by atoms with van der Waals surface area (Å²) in [7, 11) is -8.76. The van der Waals surface area contributed by atoms with Gasteiger partial charge in [-0.25, -0.2) is 12.6 Å². The van der Waals surface area contributed by atoms with Crippen LogP contribution < -0.4 is 21.3 Å². The summed E-state index contributed by atoms with van der Waals surface area (Å²) in [6.45, 7) is 1.67. The number of nitrogens with zero attached hydrogens (tertiary/aromatic N) is 1. The molecule has 4 aromatic carbocycles. The highest BCUT2D eigenvalue weighted by Gasteiger charge is 2.32. The largest absolute Gasteiger partial charge is 0.384 e. The molecule has 12 nitrogen and oxygen atoms in total. The van der Waals surface area contributed by atoms with Crippen LogP contribution >= 0.6 is 0 Å². The molecule has 0 spiro atoms. The Kier molecular flexibility index (Phi) is 9.56. The second-order valence-electron chi connectivity index (χ2n) is 10.7. The van der Waals surface area contributed by atoms with Crippen molar-refractivity contribution in [3.8, 4) is 0 Å². The zero-order valence-corrected chi connectivity index (χ0v) is 26.7. The van der Waals surface area contributed by atoms with Crippen LogP contribution in [0, 0.1) is 12.3 Å². The molecule has 242 valence electrons. The molecule has 1 aromatic heterocycles. The average Bonchev–Trinajstić information content (AvgIpc) is 3.04. The summed E-state index contributed by atoms with van der Waals surface area (Å²) in [5, 5.41) is 10.5. The normalized spacial score (nSPS) is 12.4. The first-order chi connectivity index (χ1) is 22.3. The maximum atomic E-state index is 14.1. The Labute approximate surface area is 271 Å². The number of rotatable bonds is 12. The Morgan fingerprint density at radius 3 is 2.17 bits per heavy atom. The standard InChI is InChI=1S/C33H31N5O7S2/c1-22-11-17-27(18-12-22)47(43,44)45-33(31(39)36-20-23-13-15-25(16-14-23)30(34)35)38-29-10-6-5-9-26(29)19-28(32(38)40)37-46(41,42)21-24-7-3-2-4-8-24/h2-19,33,37H,20-21H2,1H3,(H3,34,35)(H,36,39). The number of aryl methyl sites for hydroxylation is 1. The highest BCUT2D eigenvalue weighted by Crippen LogP contribution is 2.25. The number of para-hydroxylation sites is 1. The van der Waals surface area contributed by atoms with Gasteiger partial charge in [0, 0.05) is 17.5 Å². The summed E-state index contributed by atoms with van der Waals surface area (Å²) in [5.41, 5.74) is 6.53. The fourth-order valence-corrected chi connectivity index (χ4v) is 6.93. The van der Waals surface area contributed by atoms with Gasteiger partial charge in [0.1, 0.15) is 11.5 Å². The highest BCUT2D eigenvalue weighted by molar-refractivity contribution is 7.91. The van der Waals surface area contributed by atoms with Crippen molar-refractivity contribution in [2.45, 2.75) is 30.3 Å². The Hall–Kier alpha value is -5.31. The van der Waals surface area contributed by atoms with E-state index < -0.39 is 49.3 Å². The van der Waals surface area contributed by atoms with Gasteiger partial charge in [0.15, 0.2) is 0 Å². The van der Waals surface area contributed by atoms with Gasteiger partial charge < -0.3 is 11.1 Å². The Balaban J connectivity index is 1.58. The number of hydrogen-bond donors (Lipinski definition) is 4. The second kappa shape index (κ2) is 13.6. The summed E-state index contributed by atoms with van der Waals surface area (Å²) in [6, 6.07) is 28.1. The summed E-state index contributed by atoms with van der Waals surface area (Å²) >= 11 is 0. The monoisotopic (exact) mass is 673 g/mol. The molecule has 0 aliphatic rings. The zero-order valence-electron chi connectivity index (χ0n) is 25.1. The molecule has 0 aliphatic carbocycles. The molecule has 47 heavy (non-hydrogen) atoms. The number of hydrogen-bond acceptors (Lipinski definition) is 8. The fourth-order valence-electron chi connectivity index (χ4n) is 4.75. The maximum Gasteiger partial charge on any atom is 0.299 e. The van der Waals surface area contributed by atoms with Gasteiger partial charge in [0.2, 0.25) is 16.3 Å². The molecule has 0 aliphatic heterocycles. The van der Waals surface area contributed by atoms with Crippen molar-refractivity contribution in [3.05, 3.63) is 142 Å².